The summed E-state index contributed by atoms with van der Waals surface area (Å²) in [5.41, 5.74) is 3.00. The summed E-state index contributed by atoms with van der Waals surface area (Å²) in [6, 6.07) is 22.2. The first-order valence-electron chi connectivity index (χ1n) is 12.0. The number of anilines is 1. The minimum atomic E-state index is -0.0594. The van der Waals surface area contributed by atoms with Crippen LogP contribution in [-0.4, -0.2) is 49.0 Å². The predicted octanol–water partition coefficient (Wildman–Crippen LogP) is 5.99. The van der Waals surface area contributed by atoms with E-state index in [9.17, 15) is 4.79 Å². The van der Waals surface area contributed by atoms with Gasteiger partial charge in [-0.25, -0.2) is 0 Å². The van der Waals surface area contributed by atoms with E-state index in [0.717, 1.165) is 54.6 Å². The van der Waals surface area contributed by atoms with Crippen LogP contribution in [0, 0.1) is 0 Å². The maximum Gasteiger partial charge on any atom is 0.243 e. The number of benzene rings is 3. The van der Waals surface area contributed by atoms with Crippen molar-refractivity contribution in [2.75, 3.05) is 38.5 Å². The molecular formula is C29H31ClN4O. The molecule has 0 bridgehead atoms. The lowest BCUT2D eigenvalue weighted by Gasteiger charge is -2.17. The average Bonchev–Trinajstić information content (AvgIpc) is 2.87. The van der Waals surface area contributed by atoms with Crippen LogP contribution in [0.5, 0.6) is 0 Å². The van der Waals surface area contributed by atoms with E-state index in [2.05, 4.69) is 51.8 Å². The molecule has 4 rings (SSSR count). The zero-order chi connectivity index (χ0) is 24.5. The fraction of sp³-hybridized carbons (Fsp3) is 0.241. The molecule has 6 heteroatoms. The Morgan fingerprint density at radius 2 is 1.77 bits per heavy atom. The molecule has 0 aliphatic carbocycles. The molecule has 0 aliphatic rings. The minimum Gasteiger partial charge on any atom is -0.384 e. The standard InChI is InChI=1S/C29H31ClN4O/c1-34(18-4-15-31-27-14-17-32-28-21-25(30)11-12-26(27)28)19-5-16-33-29(35)13-9-22-8-10-23-6-2-3-7-24(23)20-22/h2-3,6-14,17,20-21H,4-5,15-16,18-19H2,1H3,(H,31,32)(H,33,35). The van der Waals surface area contributed by atoms with Crippen molar-refractivity contribution in [1.29, 1.82) is 0 Å². The van der Waals surface area contributed by atoms with Crippen molar-refractivity contribution in [1.82, 2.24) is 15.2 Å². The van der Waals surface area contributed by atoms with E-state index >= 15 is 0 Å². The van der Waals surface area contributed by atoms with E-state index in [-0.39, 0.29) is 5.91 Å². The Bertz CT molecular complexity index is 1320. The summed E-state index contributed by atoms with van der Waals surface area (Å²) in [5.74, 6) is -0.0594. The Morgan fingerprint density at radius 1 is 0.971 bits per heavy atom. The fourth-order valence-electron chi connectivity index (χ4n) is 4.06. The first-order chi connectivity index (χ1) is 17.1. The van der Waals surface area contributed by atoms with Crippen LogP contribution < -0.4 is 10.6 Å². The van der Waals surface area contributed by atoms with Crippen molar-refractivity contribution >= 4 is 50.9 Å². The predicted molar refractivity (Wildman–Crippen MR) is 148 cm³/mol. The molecule has 0 unspecified atom stereocenters. The van der Waals surface area contributed by atoms with Gasteiger partial charge >= 0.3 is 0 Å². The van der Waals surface area contributed by atoms with Gasteiger partial charge in [0.15, 0.2) is 0 Å². The molecular weight excluding hydrogens is 456 g/mol. The number of hydrogen-bond acceptors (Lipinski definition) is 4. The highest BCUT2D eigenvalue weighted by Gasteiger charge is 2.04. The number of nitrogens with one attached hydrogen (secondary N) is 2. The number of carbonyl (C=O) groups excluding carboxylic acids is 1. The van der Waals surface area contributed by atoms with Crippen molar-refractivity contribution in [2.24, 2.45) is 0 Å². The molecule has 0 radical (unpaired) electrons. The molecule has 1 heterocycles. The number of rotatable bonds is 11. The molecule has 4 aromatic rings. The molecule has 5 nitrogen and oxygen atoms in total. The van der Waals surface area contributed by atoms with E-state index in [1.54, 1.807) is 12.3 Å². The van der Waals surface area contributed by atoms with Crippen LogP contribution in [0.2, 0.25) is 5.02 Å². The Labute approximate surface area is 211 Å². The molecule has 0 saturated heterocycles. The average molecular weight is 487 g/mol. The summed E-state index contributed by atoms with van der Waals surface area (Å²) in [6.45, 7) is 3.46. The summed E-state index contributed by atoms with van der Waals surface area (Å²) in [4.78, 5) is 18.8. The molecule has 1 aromatic heterocycles. The number of hydrogen-bond donors (Lipinski definition) is 2. The van der Waals surface area contributed by atoms with Gasteiger partial charge in [0.1, 0.15) is 0 Å². The van der Waals surface area contributed by atoms with E-state index in [0.29, 0.717) is 11.6 Å². The zero-order valence-corrected chi connectivity index (χ0v) is 20.8. The number of fused-ring (bicyclic) bond motifs is 2. The summed E-state index contributed by atoms with van der Waals surface area (Å²) in [5, 5.41) is 10.6. The largest absolute Gasteiger partial charge is 0.384 e. The third-order valence-electron chi connectivity index (χ3n) is 5.95. The van der Waals surface area contributed by atoms with Gasteiger partial charge in [0.2, 0.25) is 5.91 Å². The molecule has 180 valence electrons. The molecule has 0 atom stereocenters. The molecule has 0 aliphatic heterocycles. The van der Waals surface area contributed by atoms with Crippen molar-refractivity contribution in [2.45, 2.75) is 12.8 Å². The third kappa shape index (κ3) is 7.28. The molecule has 0 spiro atoms. The molecule has 35 heavy (non-hydrogen) atoms. The van der Waals surface area contributed by atoms with Gasteiger partial charge in [-0.2, -0.15) is 0 Å². The first kappa shape index (κ1) is 24.7. The number of carbonyl (C=O) groups is 1. The minimum absolute atomic E-state index is 0.0594. The number of nitrogens with zero attached hydrogens (tertiary/aromatic N) is 2. The van der Waals surface area contributed by atoms with Crippen LogP contribution in [0.1, 0.15) is 18.4 Å². The third-order valence-corrected chi connectivity index (χ3v) is 6.19. The highest BCUT2D eigenvalue weighted by molar-refractivity contribution is 6.31. The Hall–Kier alpha value is -3.41. The lowest BCUT2D eigenvalue weighted by Crippen LogP contribution is -2.28. The number of pyridine rings is 1. The van der Waals surface area contributed by atoms with Crippen LogP contribution in [0.4, 0.5) is 5.69 Å². The van der Waals surface area contributed by atoms with Crippen LogP contribution in [0.3, 0.4) is 0 Å². The molecule has 3 aromatic carbocycles. The van der Waals surface area contributed by atoms with Gasteiger partial charge in [-0.15, -0.1) is 0 Å². The maximum atomic E-state index is 12.2. The topological polar surface area (TPSA) is 57.3 Å². The fourth-order valence-corrected chi connectivity index (χ4v) is 4.23. The van der Waals surface area contributed by atoms with Crippen LogP contribution >= 0.6 is 11.6 Å². The Balaban J connectivity index is 1.11. The van der Waals surface area contributed by atoms with Gasteiger partial charge in [0.25, 0.3) is 0 Å². The van der Waals surface area contributed by atoms with Gasteiger partial charge in [0, 0.05) is 41.5 Å². The van der Waals surface area contributed by atoms with Crippen molar-refractivity contribution < 1.29 is 4.79 Å². The summed E-state index contributed by atoms with van der Waals surface area (Å²) >= 11 is 6.07. The Morgan fingerprint density at radius 3 is 2.63 bits per heavy atom. The monoisotopic (exact) mass is 486 g/mol. The van der Waals surface area contributed by atoms with Gasteiger partial charge < -0.3 is 15.5 Å². The number of amides is 1. The van der Waals surface area contributed by atoms with E-state index in [1.165, 1.54) is 10.8 Å². The smallest absolute Gasteiger partial charge is 0.243 e. The Kier molecular flexibility index (Phi) is 8.71. The van der Waals surface area contributed by atoms with Gasteiger partial charge in [-0.05, 0) is 85.7 Å². The van der Waals surface area contributed by atoms with Gasteiger partial charge in [-0.3, -0.25) is 9.78 Å². The van der Waals surface area contributed by atoms with E-state index in [4.69, 9.17) is 11.6 Å². The number of halogens is 1. The molecule has 0 fully saturated rings. The zero-order valence-electron chi connectivity index (χ0n) is 20.0. The van der Waals surface area contributed by atoms with E-state index < -0.39 is 0 Å². The summed E-state index contributed by atoms with van der Waals surface area (Å²) in [6.07, 6.45) is 7.21. The van der Waals surface area contributed by atoms with Crippen LogP contribution in [0.15, 0.2) is 79.0 Å². The van der Waals surface area contributed by atoms with Crippen LogP contribution in [-0.2, 0) is 4.79 Å². The van der Waals surface area contributed by atoms with Crippen molar-refractivity contribution in [3.63, 3.8) is 0 Å². The number of aromatic nitrogens is 1. The van der Waals surface area contributed by atoms with E-state index in [1.807, 2.05) is 48.5 Å². The lowest BCUT2D eigenvalue weighted by molar-refractivity contribution is -0.116. The highest BCUT2D eigenvalue weighted by Crippen LogP contribution is 2.24. The normalized spacial score (nSPS) is 11.5. The van der Waals surface area contributed by atoms with Gasteiger partial charge in [0.05, 0.1) is 5.52 Å². The van der Waals surface area contributed by atoms with Crippen molar-refractivity contribution in [3.8, 4) is 0 Å². The summed E-state index contributed by atoms with van der Waals surface area (Å²) < 4.78 is 0. The second-order valence-corrected chi connectivity index (χ2v) is 9.12. The second kappa shape index (κ2) is 12.3. The molecule has 0 saturated carbocycles. The lowest BCUT2D eigenvalue weighted by atomic mass is 10.1. The van der Waals surface area contributed by atoms with Crippen molar-refractivity contribution in [3.05, 3.63) is 89.6 Å². The van der Waals surface area contributed by atoms with Gasteiger partial charge in [-0.1, -0.05) is 48.0 Å². The second-order valence-electron chi connectivity index (χ2n) is 8.69. The highest BCUT2D eigenvalue weighted by atomic mass is 35.5. The molecule has 1 amide bonds. The SMILES string of the molecule is CN(CCCNC(=O)C=Cc1ccc2ccccc2c1)CCCNc1ccnc2cc(Cl)ccc12. The summed E-state index contributed by atoms with van der Waals surface area (Å²) in [7, 11) is 2.12. The first-order valence-corrected chi connectivity index (χ1v) is 12.4. The molecule has 2 N–H and O–H groups in total. The quantitative estimate of drug-likeness (QED) is 0.202. The van der Waals surface area contributed by atoms with Crippen LogP contribution in [0.25, 0.3) is 27.8 Å². The maximum absolute atomic E-state index is 12.2.